The van der Waals surface area contributed by atoms with Gasteiger partial charge in [0.1, 0.15) is 5.82 Å². The van der Waals surface area contributed by atoms with E-state index in [0.717, 1.165) is 6.07 Å². The number of nitrogens with two attached hydrogens (primary N) is 1. The zero-order valence-electron chi connectivity index (χ0n) is 10.5. The molecule has 0 spiro atoms. The Morgan fingerprint density at radius 3 is 2.60 bits per heavy atom. The zero-order valence-corrected chi connectivity index (χ0v) is 10.5. The van der Waals surface area contributed by atoms with Gasteiger partial charge in [0.2, 0.25) is 5.88 Å². The number of hydrogen-bond donors (Lipinski definition) is 1. The van der Waals surface area contributed by atoms with E-state index in [2.05, 4.69) is 14.5 Å². The Morgan fingerprint density at radius 1 is 1.45 bits per heavy atom. The monoisotopic (exact) mass is 296 g/mol. The average molecular weight is 296 g/mol. The third kappa shape index (κ3) is 4.65. The summed E-state index contributed by atoms with van der Waals surface area (Å²) >= 11 is 0. The van der Waals surface area contributed by atoms with E-state index in [9.17, 15) is 22.4 Å². The molecular weight excluding hydrogens is 284 g/mol. The summed E-state index contributed by atoms with van der Waals surface area (Å²) in [6, 6.07) is 0.734. The molecule has 0 aliphatic carbocycles. The summed E-state index contributed by atoms with van der Waals surface area (Å²) in [7, 11) is 0. The van der Waals surface area contributed by atoms with Crippen LogP contribution in [0.25, 0.3) is 0 Å². The fourth-order valence-electron chi connectivity index (χ4n) is 1.40. The molecule has 0 fully saturated rings. The summed E-state index contributed by atoms with van der Waals surface area (Å²) < 4.78 is 58.3. The first-order chi connectivity index (χ1) is 9.26. The Labute approximate surface area is 111 Å². The molecule has 112 valence electrons. The van der Waals surface area contributed by atoms with Crippen molar-refractivity contribution < 1.29 is 31.8 Å². The highest BCUT2D eigenvalue weighted by atomic mass is 19.4. The number of nitrogens with zero attached hydrogens (tertiary/aromatic N) is 1. The third-order valence-electron chi connectivity index (χ3n) is 2.14. The molecule has 0 saturated heterocycles. The Bertz CT molecular complexity index is 491. The van der Waals surface area contributed by atoms with Crippen LogP contribution in [0.2, 0.25) is 0 Å². The number of hydrogen-bond acceptors (Lipinski definition) is 5. The summed E-state index contributed by atoms with van der Waals surface area (Å²) in [4.78, 5) is 14.6. The first-order valence-electron chi connectivity index (χ1n) is 5.56. The first kappa shape index (κ1) is 16.2. The minimum atomic E-state index is -4.97. The molecule has 0 unspecified atom stereocenters. The van der Waals surface area contributed by atoms with Crippen LogP contribution in [0.4, 0.5) is 17.6 Å². The Kier molecular flexibility index (Phi) is 5.26. The van der Waals surface area contributed by atoms with Crippen LogP contribution in [0, 0.1) is 5.82 Å². The summed E-state index contributed by atoms with van der Waals surface area (Å²) in [6.07, 6.45) is -5.58. The van der Waals surface area contributed by atoms with Crippen molar-refractivity contribution in [3.8, 4) is 5.88 Å². The smallest absolute Gasteiger partial charge is 0.466 e. The van der Waals surface area contributed by atoms with Crippen molar-refractivity contribution >= 4 is 5.97 Å². The summed E-state index contributed by atoms with van der Waals surface area (Å²) in [5.41, 5.74) is 4.47. The van der Waals surface area contributed by atoms with Crippen LogP contribution in [0.15, 0.2) is 6.07 Å². The molecule has 0 aliphatic heterocycles. The van der Waals surface area contributed by atoms with Crippen molar-refractivity contribution in [2.24, 2.45) is 5.73 Å². The normalized spacial score (nSPS) is 11.3. The van der Waals surface area contributed by atoms with Crippen molar-refractivity contribution in [1.82, 2.24) is 4.98 Å². The van der Waals surface area contributed by atoms with Crippen LogP contribution in [0.5, 0.6) is 5.88 Å². The van der Waals surface area contributed by atoms with Gasteiger partial charge in [-0.3, -0.25) is 4.79 Å². The van der Waals surface area contributed by atoms with E-state index in [4.69, 9.17) is 5.73 Å². The maximum Gasteiger partial charge on any atom is 0.574 e. The quantitative estimate of drug-likeness (QED) is 0.661. The third-order valence-corrected chi connectivity index (χ3v) is 2.14. The van der Waals surface area contributed by atoms with E-state index < -0.39 is 36.1 Å². The van der Waals surface area contributed by atoms with Crippen LogP contribution in [-0.4, -0.2) is 23.9 Å². The van der Waals surface area contributed by atoms with E-state index in [0.29, 0.717) is 0 Å². The minimum Gasteiger partial charge on any atom is -0.466 e. The van der Waals surface area contributed by atoms with E-state index in [-0.39, 0.29) is 18.7 Å². The molecule has 0 radical (unpaired) electrons. The fourth-order valence-corrected chi connectivity index (χ4v) is 1.40. The van der Waals surface area contributed by atoms with Crippen LogP contribution < -0.4 is 10.5 Å². The molecule has 1 heterocycles. The van der Waals surface area contributed by atoms with Crippen molar-refractivity contribution in [3.63, 3.8) is 0 Å². The number of aromatic nitrogens is 1. The highest BCUT2D eigenvalue weighted by Gasteiger charge is 2.32. The number of carbonyl (C=O) groups is 1. The summed E-state index contributed by atoms with van der Waals surface area (Å²) in [6.45, 7) is 1.23. The van der Waals surface area contributed by atoms with E-state index in [1.807, 2.05) is 0 Å². The lowest BCUT2D eigenvalue weighted by molar-refractivity contribution is -0.276. The van der Waals surface area contributed by atoms with Crippen LogP contribution >= 0.6 is 0 Å². The number of esters is 1. The molecule has 20 heavy (non-hydrogen) atoms. The Balaban J connectivity index is 3.08. The first-order valence-corrected chi connectivity index (χ1v) is 5.56. The topological polar surface area (TPSA) is 74.4 Å². The highest BCUT2D eigenvalue weighted by Crippen LogP contribution is 2.24. The molecule has 0 atom stereocenters. The lowest BCUT2D eigenvalue weighted by Gasteiger charge is -2.12. The standard InChI is InChI=1S/C11H12F4N2O3/c1-2-19-9(18)4-7-10(12)6(5-16)3-8(17-7)20-11(13,14)15/h3H,2,4-5,16H2,1H3. The van der Waals surface area contributed by atoms with E-state index in [1.165, 1.54) is 6.92 Å². The highest BCUT2D eigenvalue weighted by molar-refractivity contribution is 5.72. The molecule has 9 heteroatoms. The number of halogens is 4. The predicted molar refractivity (Wildman–Crippen MR) is 59.1 cm³/mol. The number of rotatable bonds is 5. The average Bonchev–Trinajstić information content (AvgIpc) is 2.31. The van der Waals surface area contributed by atoms with Crippen LogP contribution in [0.3, 0.4) is 0 Å². The van der Waals surface area contributed by atoms with Crippen molar-refractivity contribution in [2.75, 3.05) is 6.61 Å². The molecule has 0 saturated carbocycles. The van der Waals surface area contributed by atoms with Gasteiger partial charge in [0.25, 0.3) is 0 Å². The van der Waals surface area contributed by atoms with Crippen molar-refractivity contribution in [1.29, 1.82) is 0 Å². The van der Waals surface area contributed by atoms with Gasteiger partial charge in [-0.25, -0.2) is 9.37 Å². The van der Waals surface area contributed by atoms with Gasteiger partial charge in [-0.1, -0.05) is 0 Å². The van der Waals surface area contributed by atoms with Gasteiger partial charge in [0, 0.05) is 18.2 Å². The molecule has 0 aromatic carbocycles. The van der Waals surface area contributed by atoms with Gasteiger partial charge >= 0.3 is 12.3 Å². The summed E-state index contributed by atoms with van der Waals surface area (Å²) in [5, 5.41) is 0. The molecule has 0 amide bonds. The molecule has 1 rings (SSSR count). The Morgan fingerprint density at radius 2 is 2.10 bits per heavy atom. The van der Waals surface area contributed by atoms with Gasteiger partial charge in [-0.05, 0) is 6.92 Å². The second kappa shape index (κ2) is 6.51. The minimum absolute atomic E-state index is 0.0585. The molecule has 0 bridgehead atoms. The van der Waals surface area contributed by atoms with Gasteiger partial charge in [-0.15, -0.1) is 13.2 Å². The van der Waals surface area contributed by atoms with Gasteiger partial charge in [-0.2, -0.15) is 0 Å². The van der Waals surface area contributed by atoms with Crippen molar-refractivity contribution in [3.05, 3.63) is 23.1 Å². The molecule has 2 N–H and O–H groups in total. The molecular formula is C11H12F4N2O3. The predicted octanol–water partition coefficient (Wildman–Crippen LogP) is 1.68. The summed E-state index contributed by atoms with van der Waals surface area (Å²) in [5.74, 6) is -2.64. The maximum absolute atomic E-state index is 13.8. The molecule has 5 nitrogen and oxygen atoms in total. The lowest BCUT2D eigenvalue weighted by Crippen LogP contribution is -2.20. The number of pyridine rings is 1. The van der Waals surface area contributed by atoms with Crippen LogP contribution in [-0.2, 0) is 22.5 Å². The van der Waals surface area contributed by atoms with Gasteiger partial charge in [0.15, 0.2) is 0 Å². The Hall–Kier alpha value is -1.90. The number of ether oxygens (including phenoxy) is 2. The number of carbonyl (C=O) groups excluding carboxylic acids is 1. The second-order valence-electron chi connectivity index (χ2n) is 3.61. The SMILES string of the molecule is CCOC(=O)Cc1nc(OC(F)(F)F)cc(CN)c1F. The van der Waals surface area contributed by atoms with Gasteiger partial charge in [0.05, 0.1) is 18.7 Å². The maximum atomic E-state index is 13.8. The molecule has 1 aromatic heterocycles. The zero-order chi connectivity index (χ0) is 15.3. The second-order valence-corrected chi connectivity index (χ2v) is 3.61. The number of alkyl halides is 3. The van der Waals surface area contributed by atoms with Crippen LogP contribution in [0.1, 0.15) is 18.2 Å². The van der Waals surface area contributed by atoms with E-state index >= 15 is 0 Å². The molecule has 1 aromatic rings. The van der Waals surface area contributed by atoms with E-state index in [1.54, 1.807) is 0 Å². The molecule has 0 aliphatic rings. The van der Waals surface area contributed by atoms with Gasteiger partial charge < -0.3 is 15.2 Å². The largest absolute Gasteiger partial charge is 0.574 e. The fraction of sp³-hybridized carbons (Fsp3) is 0.455. The lowest BCUT2D eigenvalue weighted by atomic mass is 10.1. The van der Waals surface area contributed by atoms with Crippen molar-refractivity contribution in [2.45, 2.75) is 26.3 Å².